The number of nitrogens with one attached hydrogen (secondary N) is 2. The summed E-state index contributed by atoms with van der Waals surface area (Å²) in [6, 6.07) is 9.61. The normalized spacial score (nSPS) is 12.1. The number of aromatic nitrogens is 8. The van der Waals surface area contributed by atoms with Crippen LogP contribution in [0.2, 0.25) is 0 Å². The molecule has 8 N–H and O–H groups in total. The first-order chi connectivity index (χ1) is 29.4. The molecule has 0 bridgehead atoms. The molecule has 3 amide bonds. The van der Waals surface area contributed by atoms with Gasteiger partial charge in [-0.2, -0.15) is 10.2 Å². The molecule has 4 heterocycles. The van der Waals surface area contributed by atoms with E-state index in [1.54, 1.807) is 56.8 Å². The number of rotatable bonds is 22. The molecule has 6 rings (SSSR count). The molecule has 0 aliphatic rings. The van der Waals surface area contributed by atoms with Gasteiger partial charge in [0, 0.05) is 70.5 Å². The zero-order chi connectivity index (χ0) is 43.8. The molecular formula is C41H52N12O8. The van der Waals surface area contributed by atoms with Crippen molar-refractivity contribution in [3.63, 3.8) is 0 Å². The number of allylic oxidation sites excluding steroid dienone is 2. The molecule has 1 unspecified atom stereocenters. The van der Waals surface area contributed by atoms with Crippen LogP contribution in [0, 0.1) is 13.8 Å². The lowest BCUT2D eigenvalue weighted by Crippen LogP contribution is -2.20. The maximum Gasteiger partial charge on any atom is 0.276 e. The molecule has 4 aromatic heterocycles. The van der Waals surface area contributed by atoms with E-state index in [2.05, 4.69) is 20.8 Å². The number of carbonyl (C=O) groups is 3. The maximum absolute atomic E-state index is 13.7. The number of amides is 3. The Morgan fingerprint density at radius 1 is 0.770 bits per heavy atom. The second-order valence-corrected chi connectivity index (χ2v) is 14.1. The van der Waals surface area contributed by atoms with Gasteiger partial charge in [-0.1, -0.05) is 12.2 Å². The zero-order valence-electron chi connectivity index (χ0n) is 34.8. The van der Waals surface area contributed by atoms with Crippen LogP contribution in [0.3, 0.4) is 0 Å². The average Bonchev–Trinajstić information content (AvgIpc) is 4.00. The van der Waals surface area contributed by atoms with Gasteiger partial charge in [-0.25, -0.2) is 9.97 Å². The van der Waals surface area contributed by atoms with Crippen molar-refractivity contribution < 1.29 is 38.8 Å². The zero-order valence-corrected chi connectivity index (χ0v) is 34.8. The Labute approximate surface area is 351 Å². The summed E-state index contributed by atoms with van der Waals surface area (Å²) < 4.78 is 24.3. The third-order valence-corrected chi connectivity index (χ3v) is 9.67. The Morgan fingerprint density at radius 3 is 1.87 bits per heavy atom. The summed E-state index contributed by atoms with van der Waals surface area (Å²) in [5, 5.41) is 35.8. The molecule has 6 aromatic rings. The minimum Gasteiger partial charge on any atom is -0.491 e. The fourth-order valence-electron chi connectivity index (χ4n) is 6.89. The molecule has 0 radical (unpaired) electrons. The average molecular weight is 841 g/mol. The van der Waals surface area contributed by atoms with Crippen LogP contribution in [0.5, 0.6) is 11.5 Å². The largest absolute Gasteiger partial charge is 0.491 e. The van der Waals surface area contributed by atoms with E-state index >= 15 is 0 Å². The lowest BCUT2D eigenvalue weighted by Gasteiger charge is -2.17. The first kappa shape index (κ1) is 43.8. The van der Waals surface area contributed by atoms with E-state index in [0.29, 0.717) is 77.4 Å². The van der Waals surface area contributed by atoms with Crippen molar-refractivity contribution in [2.45, 2.75) is 72.9 Å². The van der Waals surface area contributed by atoms with Crippen LogP contribution in [-0.2, 0) is 30.9 Å². The molecule has 20 nitrogen and oxygen atoms in total. The van der Waals surface area contributed by atoms with E-state index < -0.39 is 23.9 Å². The second kappa shape index (κ2) is 19.5. The smallest absolute Gasteiger partial charge is 0.276 e. The van der Waals surface area contributed by atoms with Crippen molar-refractivity contribution in [1.82, 2.24) is 38.7 Å². The van der Waals surface area contributed by atoms with Gasteiger partial charge in [0.1, 0.15) is 28.2 Å². The third kappa shape index (κ3) is 9.83. The molecule has 0 fully saturated rings. The van der Waals surface area contributed by atoms with E-state index in [1.807, 2.05) is 32.9 Å². The second-order valence-electron chi connectivity index (χ2n) is 14.1. The van der Waals surface area contributed by atoms with E-state index in [1.165, 1.54) is 12.1 Å². The Morgan fingerprint density at radius 2 is 1.31 bits per heavy atom. The standard InChI is InChI=1S/C41H52N12O8/c1-6-52-30(18-24(3)48-52)38(57)46-40-44-28-20-26(36(42)55)22-32(60-16-10-14-54)34(28)50(40)12-8-9-13-51-35-29(21-27(37(43)56)23-33(35)61-17-11-15-59-5)45-41(51)47-39(58)31-19-25(4)49-53(31)7-2/h8-9,18-23,39,54,58H,6-7,10-17H2,1-5H3,(H2,42,55)(H2,43,56)(H,45,47)(H,44,46,57)/b9-8+. The van der Waals surface area contributed by atoms with Gasteiger partial charge >= 0.3 is 0 Å². The molecule has 61 heavy (non-hydrogen) atoms. The Kier molecular flexibility index (Phi) is 14.0. The molecule has 1 atom stereocenters. The van der Waals surface area contributed by atoms with Gasteiger partial charge in [0.2, 0.25) is 23.7 Å². The van der Waals surface area contributed by atoms with E-state index in [9.17, 15) is 24.6 Å². The highest BCUT2D eigenvalue weighted by Gasteiger charge is 2.24. The van der Waals surface area contributed by atoms with Gasteiger partial charge in [-0.15, -0.1) is 0 Å². The number of methoxy groups -OCH3 is 1. The number of primary amides is 2. The summed E-state index contributed by atoms with van der Waals surface area (Å²) in [6.45, 7) is 9.48. The van der Waals surface area contributed by atoms with Crippen molar-refractivity contribution in [3.05, 3.63) is 82.5 Å². The monoisotopic (exact) mass is 840 g/mol. The summed E-state index contributed by atoms with van der Waals surface area (Å²) in [5.41, 5.74) is 15.7. The van der Waals surface area contributed by atoms with E-state index in [-0.39, 0.29) is 61.7 Å². The number of nitrogens with two attached hydrogens (primary N) is 2. The Balaban J connectivity index is 1.42. The molecule has 2 aromatic carbocycles. The summed E-state index contributed by atoms with van der Waals surface area (Å²) >= 11 is 0. The van der Waals surface area contributed by atoms with Crippen molar-refractivity contribution >= 4 is 51.7 Å². The molecule has 0 spiro atoms. The SMILES string of the molecule is CCn1nc(C)cc1C(=O)Nc1nc2cc(C(N)=O)cc(OCCCO)c2n1C/C=C/Cn1c(NC(O)c2cc(C)nn2CC)nc2cc(C(N)=O)cc(OCCCOC)c21. The lowest BCUT2D eigenvalue weighted by atomic mass is 10.1. The number of aliphatic hydroxyl groups excluding tert-OH is 2. The van der Waals surface area contributed by atoms with Gasteiger partial charge in [0.25, 0.3) is 5.91 Å². The van der Waals surface area contributed by atoms with Gasteiger partial charge in [0.15, 0.2) is 6.23 Å². The fourth-order valence-corrected chi connectivity index (χ4v) is 6.89. The van der Waals surface area contributed by atoms with Crippen LogP contribution < -0.4 is 31.6 Å². The highest BCUT2D eigenvalue weighted by Crippen LogP contribution is 2.34. The number of aryl methyl sites for hydroxylation is 4. The van der Waals surface area contributed by atoms with Crippen LogP contribution >= 0.6 is 0 Å². The molecule has 0 saturated heterocycles. The van der Waals surface area contributed by atoms with Crippen molar-refractivity contribution in [2.24, 2.45) is 11.5 Å². The number of hydrogen-bond acceptors (Lipinski definition) is 13. The Bertz CT molecular complexity index is 2570. The van der Waals surface area contributed by atoms with Gasteiger partial charge in [-0.3, -0.25) is 29.1 Å². The van der Waals surface area contributed by atoms with Gasteiger partial charge in [-0.05, 0) is 64.1 Å². The number of hydrogen-bond donors (Lipinski definition) is 6. The fraction of sp³-hybridized carbons (Fsp3) is 0.390. The number of anilines is 2. The van der Waals surface area contributed by atoms with E-state index in [0.717, 1.165) is 5.69 Å². The highest BCUT2D eigenvalue weighted by molar-refractivity contribution is 6.04. The van der Waals surface area contributed by atoms with Crippen LogP contribution in [0.4, 0.5) is 11.9 Å². The molecule has 0 saturated carbocycles. The summed E-state index contributed by atoms with van der Waals surface area (Å²) in [4.78, 5) is 48.0. The first-order valence-electron chi connectivity index (χ1n) is 19.9. The maximum atomic E-state index is 13.7. The predicted octanol–water partition coefficient (Wildman–Crippen LogP) is 3.42. The molecular weight excluding hydrogens is 789 g/mol. The minimum absolute atomic E-state index is 0.116. The van der Waals surface area contributed by atoms with Crippen molar-refractivity contribution in [3.8, 4) is 11.5 Å². The number of benzene rings is 2. The number of imidazole rings is 2. The van der Waals surface area contributed by atoms with Gasteiger partial charge in [0.05, 0.1) is 41.3 Å². The van der Waals surface area contributed by atoms with Crippen LogP contribution in [0.1, 0.15) is 81.2 Å². The molecule has 324 valence electrons. The van der Waals surface area contributed by atoms with Crippen molar-refractivity contribution in [2.75, 3.05) is 44.2 Å². The summed E-state index contributed by atoms with van der Waals surface area (Å²) in [7, 11) is 1.60. The topological polar surface area (TPSA) is 267 Å². The Hall–Kier alpha value is -6.77. The van der Waals surface area contributed by atoms with E-state index in [4.69, 9.17) is 35.6 Å². The number of aliphatic hydroxyl groups is 2. The van der Waals surface area contributed by atoms with Crippen LogP contribution in [-0.4, -0.2) is 100 Å². The molecule has 0 aliphatic carbocycles. The summed E-state index contributed by atoms with van der Waals surface area (Å²) in [6.07, 6.45) is 3.38. The van der Waals surface area contributed by atoms with Crippen molar-refractivity contribution in [1.29, 1.82) is 0 Å². The molecule has 0 aliphatic heterocycles. The number of ether oxygens (including phenoxy) is 3. The quantitative estimate of drug-likeness (QED) is 0.0326. The van der Waals surface area contributed by atoms with Crippen LogP contribution in [0.25, 0.3) is 22.1 Å². The van der Waals surface area contributed by atoms with Crippen LogP contribution in [0.15, 0.2) is 48.6 Å². The first-order valence-corrected chi connectivity index (χ1v) is 19.9. The summed E-state index contributed by atoms with van der Waals surface area (Å²) in [5.74, 6) is -0.764. The minimum atomic E-state index is -1.21. The number of nitrogens with zero attached hydrogens (tertiary/aromatic N) is 8. The predicted molar refractivity (Wildman–Crippen MR) is 227 cm³/mol. The third-order valence-electron chi connectivity index (χ3n) is 9.67. The molecule has 20 heteroatoms. The van der Waals surface area contributed by atoms with Gasteiger partial charge < -0.3 is 50.3 Å². The number of carbonyl (C=O) groups excluding carboxylic acids is 3. The highest BCUT2D eigenvalue weighted by atomic mass is 16.5. The number of fused-ring (bicyclic) bond motifs is 2. The lowest BCUT2D eigenvalue weighted by molar-refractivity contribution is 0.0991.